The van der Waals surface area contributed by atoms with E-state index in [1.807, 2.05) is 0 Å². The normalized spacial score (nSPS) is 15.2. The van der Waals surface area contributed by atoms with Crippen molar-refractivity contribution in [1.29, 1.82) is 0 Å². The minimum atomic E-state index is -3.20. The molecule has 0 aromatic heterocycles. The molecular weight excluding hydrogens is 1120 g/mol. The van der Waals surface area contributed by atoms with Crippen molar-refractivity contribution in [2.75, 3.05) is 29.4 Å². The summed E-state index contributed by atoms with van der Waals surface area (Å²) in [5.74, 6) is 0. The fourth-order valence-electron chi connectivity index (χ4n) is 14.9. The number of aryl methyl sites for hydroxylation is 10. The Bertz CT molecular complexity index is 4370. The predicted molar refractivity (Wildman–Crippen MR) is 375 cm³/mol. The van der Waals surface area contributed by atoms with Gasteiger partial charge in [0.15, 0.2) is 0 Å². The summed E-state index contributed by atoms with van der Waals surface area (Å²) in [4.78, 5) is 15.7. The topological polar surface area (TPSA) is 19.4 Å². The van der Waals surface area contributed by atoms with Gasteiger partial charge in [0.05, 0.1) is 80.3 Å². The molecule has 0 atom stereocenters. The van der Waals surface area contributed by atoms with E-state index in [1.54, 1.807) is 0 Å². The first-order valence-corrected chi connectivity index (χ1v) is 35.4. The fraction of sp³-hybridized carbons (Fsp3) is 0.132. The molecule has 0 amide bonds. The van der Waals surface area contributed by atoms with Gasteiger partial charge in [0.2, 0.25) is 0 Å². The van der Waals surface area contributed by atoms with Crippen molar-refractivity contribution in [3.63, 3.8) is 0 Å². The van der Waals surface area contributed by atoms with Crippen LogP contribution in [0.15, 0.2) is 194 Å². The molecule has 6 nitrogen and oxygen atoms in total. The minimum Gasteiger partial charge on any atom is -0.309 e. The highest BCUT2D eigenvalue weighted by atomic mass is 32.4. The van der Waals surface area contributed by atoms with Crippen molar-refractivity contribution >= 4 is 170 Å². The lowest BCUT2D eigenvalue weighted by Crippen LogP contribution is -2.53. The molecular formula is C76H62N6P2S2. The SMILES string of the molecule is Cc1ccc(N2c3cc(C)cc4c3P3(=S)c5c2cc(C)cc5N(c2ccc(C)cc2)c2c5c6c(c(c23)N4c2ccc(C)cc2)N(c2ccc(C)cc2)c2cc(C)cc3c2P6(=S)c2c(cc(C)cc2N5c2ccc(C)cc2)N3c2ccc(C)cc2)cc1. The van der Waals surface area contributed by atoms with Crippen LogP contribution in [-0.2, 0) is 23.6 Å². The molecule has 86 heavy (non-hydrogen) atoms. The Morgan fingerprint density at radius 3 is 0.523 bits per heavy atom. The van der Waals surface area contributed by atoms with Gasteiger partial charge in [-0.2, -0.15) is 0 Å². The molecule has 0 spiro atoms. The molecule has 11 aromatic rings. The highest BCUT2D eigenvalue weighted by molar-refractivity contribution is 8.27. The number of fused-ring (bicyclic) bond motifs is 2. The smallest absolute Gasteiger partial charge is 0.0824 e. The van der Waals surface area contributed by atoms with E-state index in [4.69, 9.17) is 23.6 Å². The summed E-state index contributed by atoms with van der Waals surface area (Å²) in [7, 11) is 0. The molecule has 17 rings (SSSR count). The van der Waals surface area contributed by atoms with E-state index in [9.17, 15) is 0 Å². The van der Waals surface area contributed by atoms with Gasteiger partial charge in [-0.15, -0.1) is 0 Å². The average molecular weight is 1190 g/mol. The summed E-state index contributed by atoms with van der Waals surface area (Å²) in [6, 6.07) is 68.2. The van der Waals surface area contributed by atoms with Gasteiger partial charge in [-0.25, -0.2) is 0 Å². The van der Waals surface area contributed by atoms with Crippen LogP contribution in [0.4, 0.5) is 102 Å². The zero-order valence-corrected chi connectivity index (χ0v) is 53.3. The average Bonchev–Trinajstić information content (AvgIpc) is 0.648. The number of anilines is 18. The van der Waals surface area contributed by atoms with Crippen LogP contribution in [0.3, 0.4) is 0 Å². The van der Waals surface area contributed by atoms with E-state index < -0.39 is 12.1 Å². The zero-order chi connectivity index (χ0) is 58.7. The Morgan fingerprint density at radius 1 is 0.198 bits per heavy atom. The van der Waals surface area contributed by atoms with E-state index in [0.717, 1.165) is 125 Å². The summed E-state index contributed by atoms with van der Waals surface area (Å²) >= 11 is 16.5. The van der Waals surface area contributed by atoms with Crippen LogP contribution in [0, 0.1) is 69.2 Å². The van der Waals surface area contributed by atoms with Crippen LogP contribution >= 0.6 is 12.1 Å². The van der Waals surface area contributed by atoms with Gasteiger partial charge in [0, 0.05) is 66.0 Å². The molecule has 0 saturated carbocycles. The molecule has 0 aliphatic carbocycles. The second-order valence-electron chi connectivity index (χ2n) is 24.9. The Balaban J connectivity index is 1.16. The van der Waals surface area contributed by atoms with E-state index >= 15 is 0 Å². The molecule has 0 fully saturated rings. The summed E-state index contributed by atoms with van der Waals surface area (Å²) < 4.78 is 0. The second kappa shape index (κ2) is 18.0. The summed E-state index contributed by atoms with van der Waals surface area (Å²) in [5, 5.41) is 7.21. The van der Waals surface area contributed by atoms with Crippen molar-refractivity contribution < 1.29 is 0 Å². The van der Waals surface area contributed by atoms with E-state index in [2.05, 4.69) is 293 Å². The Labute approximate surface area is 514 Å². The van der Waals surface area contributed by atoms with Crippen LogP contribution in [0.5, 0.6) is 0 Å². The Morgan fingerprint density at radius 2 is 0.349 bits per heavy atom. The lowest BCUT2D eigenvalue weighted by molar-refractivity contribution is 1.17. The van der Waals surface area contributed by atoms with Crippen molar-refractivity contribution in [1.82, 2.24) is 0 Å². The lowest BCUT2D eigenvalue weighted by atomic mass is 9.98. The molecule has 0 bridgehead atoms. The third-order valence-electron chi connectivity index (χ3n) is 18.7. The third-order valence-corrected chi connectivity index (χ3v) is 28.4. The lowest BCUT2D eigenvalue weighted by Gasteiger charge is -2.57. The van der Waals surface area contributed by atoms with Gasteiger partial charge >= 0.3 is 0 Å². The maximum absolute atomic E-state index is 8.25. The van der Waals surface area contributed by atoms with Gasteiger partial charge in [0.1, 0.15) is 0 Å². The summed E-state index contributed by atoms with van der Waals surface area (Å²) in [5.41, 5.74) is 31.8. The number of nitrogens with zero attached hydrogens (tertiary/aromatic N) is 6. The molecule has 6 aliphatic heterocycles. The van der Waals surface area contributed by atoms with Crippen molar-refractivity contribution in [3.05, 3.63) is 250 Å². The van der Waals surface area contributed by atoms with Crippen LogP contribution in [0.2, 0.25) is 0 Å². The molecule has 418 valence electrons. The van der Waals surface area contributed by atoms with Crippen molar-refractivity contribution in [2.24, 2.45) is 0 Å². The monoisotopic (exact) mass is 1180 g/mol. The van der Waals surface area contributed by atoms with Gasteiger partial charge in [-0.05, 0) is 213 Å². The molecule has 10 heteroatoms. The van der Waals surface area contributed by atoms with E-state index in [0.29, 0.717) is 0 Å². The standard InChI is InChI=1S/C76H62N6P2S2/c1-43-11-23-53(24-12-43)77-59-35-49(7)39-63-71(59)83(85)72-60(77)36-50(8)40-64(72)80(56-29-17-46(4)18-30-56)68-70-76-69(67(75(68)83)79(63)55-27-15-45(3)16-28-55)81(57-31-19-47(5)20-32-57)65-41-51(9)37-61-73(65)84(76,86)74-62(78(61)54-25-13-44(2)14-26-54)38-52(10)42-66(74)82(70)58-33-21-48(6)22-34-58/h11-42H,1-10H3. The second-order valence-corrected chi connectivity index (χ2v) is 33.3. The molecule has 0 N–H and O–H groups in total. The number of benzene rings is 11. The highest BCUT2D eigenvalue weighted by Gasteiger charge is 2.60. The van der Waals surface area contributed by atoms with Gasteiger partial charge in [-0.1, -0.05) is 130 Å². The van der Waals surface area contributed by atoms with Gasteiger partial charge in [0.25, 0.3) is 0 Å². The maximum Gasteiger partial charge on any atom is 0.0824 e. The summed E-state index contributed by atoms with van der Waals surface area (Å²) in [6.07, 6.45) is 0. The first kappa shape index (κ1) is 51.9. The summed E-state index contributed by atoms with van der Waals surface area (Å²) in [6.45, 7) is 22.2. The fourth-order valence-corrected chi connectivity index (χ4v) is 25.5. The number of rotatable bonds is 6. The van der Waals surface area contributed by atoms with E-state index in [1.165, 1.54) is 65.2 Å². The molecule has 0 unspecified atom stereocenters. The zero-order valence-electron chi connectivity index (χ0n) is 49.9. The maximum atomic E-state index is 8.25. The quantitative estimate of drug-likeness (QED) is 0.152. The van der Waals surface area contributed by atoms with Crippen LogP contribution in [0.1, 0.15) is 55.6 Å². The van der Waals surface area contributed by atoms with Crippen LogP contribution in [0.25, 0.3) is 0 Å². The van der Waals surface area contributed by atoms with E-state index in [-0.39, 0.29) is 0 Å². The van der Waals surface area contributed by atoms with Crippen molar-refractivity contribution in [2.45, 2.75) is 69.2 Å². The Hall–Kier alpha value is -8.48. The van der Waals surface area contributed by atoms with Crippen LogP contribution < -0.4 is 61.2 Å². The molecule has 6 heterocycles. The Kier molecular flexibility index (Phi) is 10.9. The molecule has 6 aliphatic rings. The minimum absolute atomic E-state index is 1.07. The third kappa shape index (κ3) is 6.85. The predicted octanol–water partition coefficient (Wildman–Crippen LogP) is 19.0. The molecule has 11 aromatic carbocycles. The van der Waals surface area contributed by atoms with Crippen molar-refractivity contribution in [3.8, 4) is 0 Å². The first-order chi connectivity index (χ1) is 41.5. The largest absolute Gasteiger partial charge is 0.309 e. The molecule has 0 saturated heterocycles. The number of hydrogen-bond donors (Lipinski definition) is 0. The van der Waals surface area contributed by atoms with Crippen LogP contribution in [-0.4, -0.2) is 0 Å². The van der Waals surface area contributed by atoms with Gasteiger partial charge < -0.3 is 29.4 Å². The number of hydrogen-bond acceptors (Lipinski definition) is 8. The first-order valence-electron chi connectivity index (χ1n) is 29.8. The van der Waals surface area contributed by atoms with Gasteiger partial charge in [-0.3, -0.25) is 0 Å². The highest BCUT2D eigenvalue weighted by Crippen LogP contribution is 2.75. The molecule has 0 radical (unpaired) electrons.